The molecule has 1 aromatic rings. The number of nitrogens with one attached hydrogen (secondary N) is 2. The van der Waals surface area contributed by atoms with Crippen molar-refractivity contribution >= 4 is 33.7 Å². The third-order valence-corrected chi connectivity index (χ3v) is 3.90. The van der Waals surface area contributed by atoms with Gasteiger partial charge in [0.05, 0.1) is 6.04 Å². The van der Waals surface area contributed by atoms with Gasteiger partial charge in [-0.15, -0.1) is 0 Å². The van der Waals surface area contributed by atoms with Crippen molar-refractivity contribution in [1.29, 1.82) is 0 Å². The third kappa shape index (κ3) is 4.56. The number of carbonyl (C=O) groups excluding carboxylic acids is 3. The van der Waals surface area contributed by atoms with Crippen LogP contribution >= 0.6 is 15.9 Å². The molecule has 0 unspecified atom stereocenters. The Morgan fingerprint density at radius 1 is 1.41 bits per heavy atom. The van der Waals surface area contributed by atoms with Gasteiger partial charge in [0.15, 0.2) is 6.61 Å². The summed E-state index contributed by atoms with van der Waals surface area (Å²) >= 11 is 3.35. The Morgan fingerprint density at radius 3 is 2.68 bits per heavy atom. The van der Waals surface area contributed by atoms with Crippen molar-refractivity contribution < 1.29 is 19.1 Å². The number of hydrogen-bond acceptors (Lipinski definition) is 4. The van der Waals surface area contributed by atoms with Gasteiger partial charge in [0.2, 0.25) is 5.91 Å². The molecule has 0 radical (unpaired) electrons. The van der Waals surface area contributed by atoms with Crippen molar-refractivity contribution in [1.82, 2.24) is 10.6 Å². The second kappa shape index (κ2) is 7.40. The van der Waals surface area contributed by atoms with Gasteiger partial charge >= 0.3 is 5.97 Å². The summed E-state index contributed by atoms with van der Waals surface area (Å²) in [6.45, 7) is 1.49. The van der Waals surface area contributed by atoms with Crippen molar-refractivity contribution in [3.8, 4) is 0 Å². The summed E-state index contributed by atoms with van der Waals surface area (Å²) in [6, 6.07) is 6.75. The van der Waals surface area contributed by atoms with Gasteiger partial charge in [0.25, 0.3) is 5.91 Å². The molecule has 1 aromatic carbocycles. The number of ether oxygens (including phenoxy) is 1. The summed E-state index contributed by atoms with van der Waals surface area (Å²) in [7, 11) is 0. The molecule has 2 amide bonds. The van der Waals surface area contributed by atoms with Crippen LogP contribution in [0.3, 0.4) is 0 Å². The molecule has 1 saturated heterocycles. The number of hydrogen-bond donors (Lipinski definition) is 2. The summed E-state index contributed by atoms with van der Waals surface area (Å²) in [5.41, 5.74) is 0.950. The lowest BCUT2D eigenvalue weighted by molar-refractivity contribution is -0.150. The highest BCUT2D eigenvalue weighted by Crippen LogP contribution is 2.16. The average molecular weight is 369 g/mol. The first-order valence-electron chi connectivity index (χ1n) is 6.96. The van der Waals surface area contributed by atoms with Crippen LogP contribution in [0.4, 0.5) is 0 Å². The van der Waals surface area contributed by atoms with Gasteiger partial charge < -0.3 is 15.4 Å². The van der Waals surface area contributed by atoms with E-state index >= 15 is 0 Å². The molecular formula is C15H17BrN2O4. The Bertz CT molecular complexity index is 573. The zero-order valence-corrected chi connectivity index (χ0v) is 13.7. The molecule has 2 rings (SSSR count). The number of esters is 1. The van der Waals surface area contributed by atoms with Crippen LogP contribution in [0.2, 0.25) is 0 Å². The number of rotatable bonds is 5. The zero-order valence-electron chi connectivity index (χ0n) is 12.1. The SMILES string of the molecule is C[C@H](NC(=O)COC(=O)[C@H]1CCC(=O)N1)c1ccc(Br)cc1. The van der Waals surface area contributed by atoms with Crippen LogP contribution in [0.25, 0.3) is 0 Å². The average Bonchev–Trinajstić information content (AvgIpc) is 2.92. The molecule has 0 aliphatic carbocycles. The summed E-state index contributed by atoms with van der Waals surface area (Å²) in [4.78, 5) is 34.5. The molecule has 0 aromatic heterocycles. The number of amides is 2. The van der Waals surface area contributed by atoms with Gasteiger partial charge in [-0.25, -0.2) is 4.79 Å². The highest BCUT2D eigenvalue weighted by molar-refractivity contribution is 9.10. The van der Waals surface area contributed by atoms with Crippen LogP contribution < -0.4 is 10.6 Å². The third-order valence-electron chi connectivity index (χ3n) is 3.37. The molecule has 118 valence electrons. The zero-order chi connectivity index (χ0) is 16.1. The lowest BCUT2D eigenvalue weighted by Gasteiger charge is -2.15. The second-order valence-electron chi connectivity index (χ2n) is 5.11. The Kier molecular flexibility index (Phi) is 5.54. The molecule has 2 N–H and O–H groups in total. The van der Waals surface area contributed by atoms with E-state index in [4.69, 9.17) is 4.74 Å². The molecule has 1 heterocycles. The molecule has 1 aliphatic rings. The first-order chi connectivity index (χ1) is 10.5. The van der Waals surface area contributed by atoms with Gasteiger partial charge in [-0.2, -0.15) is 0 Å². The van der Waals surface area contributed by atoms with E-state index in [1.54, 1.807) is 0 Å². The smallest absolute Gasteiger partial charge is 0.329 e. The molecule has 7 heteroatoms. The maximum Gasteiger partial charge on any atom is 0.329 e. The highest BCUT2D eigenvalue weighted by Gasteiger charge is 2.28. The fourth-order valence-electron chi connectivity index (χ4n) is 2.15. The second-order valence-corrected chi connectivity index (χ2v) is 6.02. The molecule has 0 spiro atoms. The predicted molar refractivity (Wildman–Crippen MR) is 82.8 cm³/mol. The van der Waals surface area contributed by atoms with Crippen molar-refractivity contribution in [3.63, 3.8) is 0 Å². The molecular weight excluding hydrogens is 352 g/mol. The lowest BCUT2D eigenvalue weighted by Crippen LogP contribution is -2.37. The fraction of sp³-hybridized carbons (Fsp3) is 0.400. The van der Waals surface area contributed by atoms with Gasteiger partial charge in [0.1, 0.15) is 6.04 Å². The standard InChI is InChI=1S/C15H17BrN2O4/c1-9(10-2-4-11(16)5-3-10)17-14(20)8-22-15(21)12-6-7-13(19)18-12/h2-5,9,12H,6-8H2,1H3,(H,17,20)(H,18,19)/t9-,12+/m0/s1. The molecule has 1 fully saturated rings. The number of carbonyl (C=O) groups is 3. The number of benzene rings is 1. The molecule has 0 bridgehead atoms. The first-order valence-corrected chi connectivity index (χ1v) is 7.76. The van der Waals surface area contributed by atoms with E-state index in [1.807, 2.05) is 31.2 Å². The molecule has 6 nitrogen and oxygen atoms in total. The Labute approximate surface area is 136 Å². The van der Waals surface area contributed by atoms with Crippen LogP contribution in [0, 0.1) is 0 Å². The summed E-state index contributed by atoms with van der Waals surface area (Å²) in [6.07, 6.45) is 0.723. The highest BCUT2D eigenvalue weighted by atomic mass is 79.9. The minimum absolute atomic E-state index is 0.171. The molecule has 22 heavy (non-hydrogen) atoms. The maximum absolute atomic E-state index is 11.8. The minimum atomic E-state index is -0.635. The van der Waals surface area contributed by atoms with E-state index in [0.29, 0.717) is 12.8 Å². The van der Waals surface area contributed by atoms with E-state index in [9.17, 15) is 14.4 Å². The fourth-order valence-corrected chi connectivity index (χ4v) is 2.41. The monoisotopic (exact) mass is 368 g/mol. The minimum Gasteiger partial charge on any atom is -0.454 e. The van der Waals surface area contributed by atoms with E-state index in [1.165, 1.54) is 0 Å². The summed E-state index contributed by atoms with van der Waals surface area (Å²) < 4.78 is 5.88. The number of halogens is 1. The van der Waals surface area contributed by atoms with Crippen LogP contribution in [0.1, 0.15) is 31.4 Å². The normalized spacial score (nSPS) is 18.5. The van der Waals surface area contributed by atoms with Gasteiger partial charge in [-0.1, -0.05) is 28.1 Å². The van der Waals surface area contributed by atoms with Crippen molar-refractivity contribution in [2.24, 2.45) is 0 Å². The van der Waals surface area contributed by atoms with Gasteiger partial charge in [-0.3, -0.25) is 9.59 Å². The summed E-state index contributed by atoms with van der Waals surface area (Å²) in [5.74, 6) is -1.12. The topological polar surface area (TPSA) is 84.5 Å². The maximum atomic E-state index is 11.8. The van der Waals surface area contributed by atoms with Crippen LogP contribution in [-0.2, 0) is 19.1 Å². The van der Waals surface area contributed by atoms with Crippen molar-refractivity contribution in [2.75, 3.05) is 6.61 Å². The van der Waals surface area contributed by atoms with Crippen molar-refractivity contribution in [3.05, 3.63) is 34.3 Å². The van der Waals surface area contributed by atoms with Crippen molar-refractivity contribution in [2.45, 2.75) is 31.8 Å². The van der Waals surface area contributed by atoms with E-state index < -0.39 is 12.0 Å². The first kappa shape index (κ1) is 16.5. The Morgan fingerprint density at radius 2 is 2.09 bits per heavy atom. The Hall–Kier alpha value is -1.89. The summed E-state index contributed by atoms with van der Waals surface area (Å²) in [5, 5.41) is 5.25. The van der Waals surface area contributed by atoms with Crippen LogP contribution in [-0.4, -0.2) is 30.4 Å². The Balaban J connectivity index is 1.76. The van der Waals surface area contributed by atoms with Gasteiger partial charge in [-0.05, 0) is 31.0 Å². The van der Waals surface area contributed by atoms with Crippen LogP contribution in [0.5, 0.6) is 0 Å². The van der Waals surface area contributed by atoms with Crippen LogP contribution in [0.15, 0.2) is 28.7 Å². The molecule has 2 atom stereocenters. The quantitative estimate of drug-likeness (QED) is 0.770. The van der Waals surface area contributed by atoms with E-state index in [-0.39, 0.29) is 24.5 Å². The molecule has 0 saturated carbocycles. The molecule has 1 aliphatic heterocycles. The van der Waals surface area contributed by atoms with Gasteiger partial charge in [0, 0.05) is 10.9 Å². The van der Waals surface area contributed by atoms with E-state index in [0.717, 1.165) is 10.0 Å². The largest absolute Gasteiger partial charge is 0.454 e. The van der Waals surface area contributed by atoms with E-state index in [2.05, 4.69) is 26.6 Å². The predicted octanol–water partition coefficient (Wildman–Crippen LogP) is 1.45. The lowest BCUT2D eigenvalue weighted by atomic mass is 10.1.